The third-order valence-electron chi connectivity index (χ3n) is 5.62. The lowest BCUT2D eigenvalue weighted by atomic mass is 9.89. The number of benzene rings is 1. The number of hydrogen-bond acceptors (Lipinski definition) is 3. The summed E-state index contributed by atoms with van der Waals surface area (Å²) in [5.74, 6) is 0.0769. The lowest BCUT2D eigenvalue weighted by Gasteiger charge is -2.26. The van der Waals surface area contributed by atoms with E-state index in [9.17, 15) is 9.59 Å². The van der Waals surface area contributed by atoms with E-state index in [0.29, 0.717) is 6.42 Å². The van der Waals surface area contributed by atoms with Gasteiger partial charge in [-0.05, 0) is 79.5 Å². The summed E-state index contributed by atoms with van der Waals surface area (Å²) < 4.78 is 7.61. The maximum absolute atomic E-state index is 12.1. The Kier molecular flexibility index (Phi) is 4.87. The van der Waals surface area contributed by atoms with Crippen LogP contribution in [0, 0.1) is 6.92 Å². The Morgan fingerprint density at radius 1 is 1.19 bits per heavy atom. The van der Waals surface area contributed by atoms with Crippen molar-refractivity contribution < 1.29 is 9.53 Å². The molecule has 1 unspecified atom stereocenters. The summed E-state index contributed by atoms with van der Waals surface area (Å²) in [7, 11) is 1.79. The van der Waals surface area contributed by atoms with Crippen LogP contribution in [-0.4, -0.2) is 23.2 Å². The molecule has 4 rings (SSSR count). The second kappa shape index (κ2) is 7.31. The van der Waals surface area contributed by atoms with Gasteiger partial charge < -0.3 is 14.6 Å². The molecule has 2 aliphatic rings. The zero-order valence-corrected chi connectivity index (χ0v) is 16.0. The first kappa shape index (κ1) is 18.0. The second-order valence-electron chi connectivity index (χ2n) is 7.74. The maximum atomic E-state index is 12.1. The van der Waals surface area contributed by atoms with Crippen LogP contribution in [0.25, 0.3) is 11.1 Å². The van der Waals surface area contributed by atoms with E-state index in [1.54, 1.807) is 11.6 Å². The van der Waals surface area contributed by atoms with Gasteiger partial charge in [0.25, 0.3) is 5.56 Å². The summed E-state index contributed by atoms with van der Waals surface area (Å²) in [4.78, 5) is 24.0. The van der Waals surface area contributed by atoms with Gasteiger partial charge in [0.15, 0.2) is 0 Å². The molecule has 1 fully saturated rings. The molecule has 27 heavy (non-hydrogen) atoms. The van der Waals surface area contributed by atoms with Gasteiger partial charge in [0.2, 0.25) is 5.91 Å². The maximum Gasteiger partial charge on any atom is 0.253 e. The fraction of sp³-hybridized carbons (Fsp3) is 0.455. The van der Waals surface area contributed by atoms with E-state index in [1.807, 2.05) is 19.2 Å². The van der Waals surface area contributed by atoms with Gasteiger partial charge in [-0.2, -0.15) is 0 Å². The number of aryl methyl sites for hydroxylation is 3. The van der Waals surface area contributed by atoms with E-state index in [4.69, 9.17) is 4.74 Å². The Hall–Kier alpha value is -2.40. The Morgan fingerprint density at radius 2 is 2.04 bits per heavy atom. The molecular weight excluding hydrogens is 340 g/mol. The summed E-state index contributed by atoms with van der Waals surface area (Å²) in [5.41, 5.74) is 6.19. The van der Waals surface area contributed by atoms with Gasteiger partial charge in [-0.25, -0.2) is 0 Å². The van der Waals surface area contributed by atoms with Crippen molar-refractivity contribution >= 4 is 11.6 Å². The van der Waals surface area contributed by atoms with Crippen molar-refractivity contribution in [3.8, 4) is 11.1 Å². The fourth-order valence-corrected chi connectivity index (χ4v) is 4.15. The molecule has 1 atom stereocenters. The van der Waals surface area contributed by atoms with Crippen LogP contribution in [0.5, 0.6) is 0 Å². The minimum Gasteiger partial charge on any atom is -0.378 e. The first-order valence-corrected chi connectivity index (χ1v) is 9.76. The molecule has 0 saturated carbocycles. The second-order valence-corrected chi connectivity index (χ2v) is 7.74. The van der Waals surface area contributed by atoms with Crippen molar-refractivity contribution in [1.82, 2.24) is 4.57 Å². The van der Waals surface area contributed by atoms with Gasteiger partial charge in [0.05, 0.1) is 6.10 Å². The highest BCUT2D eigenvalue weighted by atomic mass is 16.5. The number of nitrogens with zero attached hydrogens (tertiary/aromatic N) is 1. The van der Waals surface area contributed by atoms with Crippen molar-refractivity contribution in [3.05, 3.63) is 51.4 Å². The van der Waals surface area contributed by atoms with E-state index < -0.39 is 0 Å². The van der Waals surface area contributed by atoms with Crippen molar-refractivity contribution in [1.29, 1.82) is 0 Å². The molecule has 5 nitrogen and oxygen atoms in total. The molecule has 0 radical (unpaired) electrons. The number of ether oxygens (including phenoxy) is 1. The van der Waals surface area contributed by atoms with Crippen molar-refractivity contribution in [3.63, 3.8) is 0 Å². The predicted molar refractivity (Wildman–Crippen MR) is 106 cm³/mol. The van der Waals surface area contributed by atoms with Gasteiger partial charge in [-0.3, -0.25) is 9.59 Å². The van der Waals surface area contributed by atoms with Crippen molar-refractivity contribution in [2.24, 2.45) is 7.05 Å². The number of pyridine rings is 1. The molecule has 0 aliphatic carbocycles. The molecule has 1 aromatic heterocycles. The van der Waals surface area contributed by atoms with E-state index in [2.05, 4.69) is 17.4 Å². The van der Waals surface area contributed by atoms with Crippen LogP contribution in [0.15, 0.2) is 29.2 Å². The minimum atomic E-state index is 0.0288. The third kappa shape index (κ3) is 3.69. The van der Waals surface area contributed by atoms with Crippen LogP contribution in [0.3, 0.4) is 0 Å². The standard InChI is InChI=1S/C22H26N2O3/c1-14-9-17(13-24(2)22(14)26)19-11-15-6-7-21(25)23-20(15)12-16(19)10-18-5-3-4-8-27-18/h9,11-13,18H,3-8,10H2,1-2H3,(H,23,25). The first-order valence-electron chi connectivity index (χ1n) is 9.76. The number of nitrogens with one attached hydrogen (secondary N) is 1. The fourth-order valence-electron chi connectivity index (χ4n) is 4.15. The monoisotopic (exact) mass is 366 g/mol. The van der Waals surface area contributed by atoms with Gasteiger partial charge in [-0.1, -0.05) is 0 Å². The molecule has 0 bridgehead atoms. The third-order valence-corrected chi connectivity index (χ3v) is 5.62. The largest absolute Gasteiger partial charge is 0.378 e. The van der Waals surface area contributed by atoms with Crippen LogP contribution < -0.4 is 10.9 Å². The van der Waals surface area contributed by atoms with Gasteiger partial charge >= 0.3 is 0 Å². The highest BCUT2D eigenvalue weighted by molar-refractivity contribution is 5.94. The van der Waals surface area contributed by atoms with Gasteiger partial charge in [0.1, 0.15) is 0 Å². The predicted octanol–water partition coefficient (Wildman–Crippen LogP) is 3.36. The first-order chi connectivity index (χ1) is 13.0. The number of anilines is 1. The number of fused-ring (bicyclic) bond motifs is 1. The average Bonchev–Trinajstić information content (AvgIpc) is 2.66. The number of hydrogen-bond donors (Lipinski definition) is 1. The quantitative estimate of drug-likeness (QED) is 0.906. The van der Waals surface area contributed by atoms with Crippen molar-refractivity contribution in [2.75, 3.05) is 11.9 Å². The Bertz CT molecular complexity index is 913. The number of carbonyl (C=O) groups excluding carboxylic acids is 1. The summed E-state index contributed by atoms with van der Waals surface area (Å²) in [6.45, 7) is 2.68. The van der Waals surface area contributed by atoms with Crippen LogP contribution in [-0.2, 0) is 29.4 Å². The minimum absolute atomic E-state index is 0.0288. The highest BCUT2D eigenvalue weighted by Crippen LogP contribution is 2.34. The molecule has 2 aliphatic heterocycles. The van der Waals surface area contributed by atoms with Crippen molar-refractivity contribution in [2.45, 2.75) is 51.6 Å². The molecule has 3 heterocycles. The van der Waals surface area contributed by atoms with Gasteiger partial charge in [-0.15, -0.1) is 0 Å². The molecule has 142 valence electrons. The molecule has 2 aromatic rings. The smallest absolute Gasteiger partial charge is 0.253 e. The zero-order chi connectivity index (χ0) is 19.0. The zero-order valence-electron chi connectivity index (χ0n) is 16.0. The Labute approximate surface area is 159 Å². The normalized spacial score (nSPS) is 19.5. The van der Waals surface area contributed by atoms with Crippen LogP contribution in [0.1, 0.15) is 42.4 Å². The molecule has 1 saturated heterocycles. The lowest BCUT2D eigenvalue weighted by Crippen LogP contribution is -2.23. The SMILES string of the molecule is Cc1cc(-c2cc3c(cc2CC2CCCCO2)NC(=O)CC3)cn(C)c1=O. The molecule has 0 spiro atoms. The number of amides is 1. The van der Waals surface area contributed by atoms with Crippen LogP contribution >= 0.6 is 0 Å². The summed E-state index contributed by atoms with van der Waals surface area (Å²) in [6.07, 6.45) is 7.59. The molecule has 1 amide bonds. The summed E-state index contributed by atoms with van der Waals surface area (Å²) in [6, 6.07) is 6.27. The average molecular weight is 366 g/mol. The van der Waals surface area contributed by atoms with E-state index in [0.717, 1.165) is 60.2 Å². The number of carbonyl (C=O) groups is 1. The molecule has 5 heteroatoms. The lowest BCUT2D eigenvalue weighted by molar-refractivity contribution is -0.116. The molecule has 1 aromatic carbocycles. The molecular formula is C22H26N2O3. The van der Waals surface area contributed by atoms with E-state index in [-0.39, 0.29) is 17.6 Å². The van der Waals surface area contributed by atoms with E-state index >= 15 is 0 Å². The van der Waals surface area contributed by atoms with Gasteiger partial charge in [0, 0.05) is 37.5 Å². The summed E-state index contributed by atoms with van der Waals surface area (Å²) in [5, 5.41) is 3.01. The topological polar surface area (TPSA) is 60.3 Å². The van der Waals surface area contributed by atoms with Crippen LogP contribution in [0.2, 0.25) is 0 Å². The Morgan fingerprint density at radius 3 is 2.78 bits per heavy atom. The van der Waals surface area contributed by atoms with Crippen LogP contribution in [0.4, 0.5) is 5.69 Å². The van der Waals surface area contributed by atoms with E-state index in [1.165, 1.54) is 12.0 Å². The number of aromatic nitrogens is 1. The Balaban J connectivity index is 1.80. The molecule has 1 N–H and O–H groups in total. The highest BCUT2D eigenvalue weighted by Gasteiger charge is 2.22. The number of rotatable bonds is 3. The summed E-state index contributed by atoms with van der Waals surface area (Å²) >= 11 is 0.